The molecule has 3 heterocycles. The molecule has 0 radical (unpaired) electrons. The minimum absolute atomic E-state index is 0.0834. The molecule has 10 heteroatoms. The molecule has 3 aromatic heterocycles. The summed E-state index contributed by atoms with van der Waals surface area (Å²) >= 11 is 0. The number of halogens is 1. The Hall–Kier alpha value is -3.27. The summed E-state index contributed by atoms with van der Waals surface area (Å²) in [6.45, 7) is 0. The van der Waals surface area contributed by atoms with E-state index >= 15 is 0 Å². The van der Waals surface area contributed by atoms with Crippen molar-refractivity contribution in [3.05, 3.63) is 54.6 Å². The number of aromatic nitrogens is 5. The number of fused-ring (bicyclic) bond motifs is 1. The Bertz CT molecular complexity index is 1180. The van der Waals surface area contributed by atoms with Crippen LogP contribution in [0.25, 0.3) is 11.0 Å². The van der Waals surface area contributed by atoms with Gasteiger partial charge < -0.3 is 9.88 Å². The zero-order valence-electron chi connectivity index (χ0n) is 13.5. The van der Waals surface area contributed by atoms with Gasteiger partial charge in [0, 0.05) is 19.3 Å². The zero-order valence-corrected chi connectivity index (χ0v) is 14.3. The van der Waals surface area contributed by atoms with Gasteiger partial charge in [0.25, 0.3) is 5.16 Å². The molecule has 0 aliphatic heterocycles. The quantitative estimate of drug-likeness (QED) is 0.421. The van der Waals surface area contributed by atoms with E-state index in [9.17, 15) is 12.8 Å². The van der Waals surface area contributed by atoms with Gasteiger partial charge in [-0.15, -0.1) is 0 Å². The lowest BCUT2D eigenvalue weighted by Gasteiger charge is -2.09. The molecule has 0 aliphatic rings. The SMILES string of the molecule is Cn1ccc2c(Nc3ccn[nH]3)nc(S(=O)(=O)c3ccc(F)cc3)nc21. The Balaban J connectivity index is 1.89. The fourth-order valence-corrected chi connectivity index (χ4v) is 3.63. The first-order valence-electron chi connectivity index (χ1n) is 7.55. The first kappa shape index (κ1) is 16.2. The third-order valence-corrected chi connectivity index (χ3v) is 5.38. The zero-order chi connectivity index (χ0) is 18.3. The topological polar surface area (TPSA) is 106 Å². The predicted molar refractivity (Wildman–Crippen MR) is 92.2 cm³/mol. The molecule has 0 unspecified atom stereocenters. The smallest absolute Gasteiger partial charge is 0.256 e. The summed E-state index contributed by atoms with van der Waals surface area (Å²) in [5.41, 5.74) is 0.447. The summed E-state index contributed by atoms with van der Waals surface area (Å²) in [5, 5.41) is 9.86. The van der Waals surface area contributed by atoms with Gasteiger partial charge in [-0.05, 0) is 30.3 Å². The summed E-state index contributed by atoms with van der Waals surface area (Å²) in [6, 6.07) is 8.00. The highest BCUT2D eigenvalue weighted by Crippen LogP contribution is 2.27. The van der Waals surface area contributed by atoms with E-state index in [2.05, 4.69) is 25.5 Å². The normalized spacial score (nSPS) is 11.8. The van der Waals surface area contributed by atoms with Crippen LogP contribution < -0.4 is 5.32 Å². The third-order valence-electron chi connectivity index (χ3n) is 3.82. The third kappa shape index (κ3) is 2.69. The van der Waals surface area contributed by atoms with Crippen molar-refractivity contribution >= 4 is 32.5 Å². The van der Waals surface area contributed by atoms with Gasteiger partial charge in [0.05, 0.1) is 16.5 Å². The number of aromatic amines is 1. The molecular weight excluding hydrogens is 359 g/mol. The van der Waals surface area contributed by atoms with Crippen LogP contribution in [0.4, 0.5) is 16.0 Å². The maximum absolute atomic E-state index is 13.1. The highest BCUT2D eigenvalue weighted by atomic mass is 32.2. The Labute approximate surface area is 147 Å². The molecule has 0 spiro atoms. The van der Waals surface area contributed by atoms with E-state index in [0.717, 1.165) is 12.1 Å². The number of rotatable bonds is 4. The van der Waals surface area contributed by atoms with Crippen LogP contribution in [0.2, 0.25) is 0 Å². The summed E-state index contributed by atoms with van der Waals surface area (Å²) < 4.78 is 40.6. The second-order valence-electron chi connectivity index (χ2n) is 5.57. The van der Waals surface area contributed by atoms with Crippen LogP contribution >= 0.6 is 0 Å². The van der Waals surface area contributed by atoms with Crippen LogP contribution in [0.5, 0.6) is 0 Å². The van der Waals surface area contributed by atoms with Gasteiger partial charge in [-0.2, -0.15) is 15.1 Å². The van der Waals surface area contributed by atoms with E-state index in [1.807, 2.05) is 0 Å². The molecule has 4 aromatic rings. The van der Waals surface area contributed by atoms with E-state index in [4.69, 9.17) is 0 Å². The molecule has 0 saturated carbocycles. The van der Waals surface area contributed by atoms with Crippen molar-refractivity contribution in [1.29, 1.82) is 0 Å². The molecule has 8 nitrogen and oxygen atoms in total. The van der Waals surface area contributed by atoms with Gasteiger partial charge in [0.2, 0.25) is 9.84 Å². The fraction of sp³-hybridized carbons (Fsp3) is 0.0625. The first-order chi connectivity index (χ1) is 12.4. The van der Waals surface area contributed by atoms with Crippen molar-refractivity contribution in [1.82, 2.24) is 24.7 Å². The molecule has 0 fully saturated rings. The number of nitrogens with zero attached hydrogens (tertiary/aromatic N) is 4. The Morgan fingerprint density at radius 2 is 1.88 bits per heavy atom. The van der Waals surface area contributed by atoms with Gasteiger partial charge in [0.1, 0.15) is 23.1 Å². The summed E-state index contributed by atoms with van der Waals surface area (Å²) in [4.78, 5) is 8.31. The maximum atomic E-state index is 13.1. The number of sulfone groups is 1. The first-order valence-corrected chi connectivity index (χ1v) is 9.03. The number of hydrogen-bond donors (Lipinski definition) is 2. The van der Waals surface area contributed by atoms with E-state index in [0.29, 0.717) is 22.7 Å². The van der Waals surface area contributed by atoms with Crippen LogP contribution in [0.1, 0.15) is 0 Å². The molecule has 0 aliphatic carbocycles. The largest absolute Gasteiger partial charge is 0.335 e. The Kier molecular flexibility index (Phi) is 3.69. The van der Waals surface area contributed by atoms with E-state index in [1.165, 1.54) is 12.1 Å². The molecule has 1 aromatic carbocycles. The van der Waals surface area contributed by atoms with Crippen molar-refractivity contribution in [2.45, 2.75) is 10.1 Å². The number of hydrogen-bond acceptors (Lipinski definition) is 6. The van der Waals surface area contributed by atoms with Crippen LogP contribution in [0.3, 0.4) is 0 Å². The fourth-order valence-electron chi connectivity index (χ4n) is 2.50. The van der Waals surface area contributed by atoms with Crippen molar-refractivity contribution in [2.75, 3.05) is 5.32 Å². The van der Waals surface area contributed by atoms with Gasteiger partial charge >= 0.3 is 0 Å². The lowest BCUT2D eigenvalue weighted by molar-refractivity contribution is 0.586. The predicted octanol–water partition coefficient (Wildman–Crippen LogP) is 2.41. The van der Waals surface area contributed by atoms with E-state index in [1.54, 1.807) is 36.1 Å². The second kappa shape index (κ2) is 5.92. The lowest BCUT2D eigenvalue weighted by Crippen LogP contribution is -2.10. The minimum atomic E-state index is -4.01. The van der Waals surface area contributed by atoms with Gasteiger partial charge in [-0.25, -0.2) is 12.8 Å². The van der Waals surface area contributed by atoms with Crippen LogP contribution in [0.15, 0.2) is 58.8 Å². The van der Waals surface area contributed by atoms with Gasteiger partial charge in [0.15, 0.2) is 0 Å². The van der Waals surface area contributed by atoms with Crippen molar-refractivity contribution < 1.29 is 12.8 Å². The Morgan fingerprint density at radius 1 is 1.12 bits per heavy atom. The van der Waals surface area contributed by atoms with Gasteiger partial charge in [-0.1, -0.05) is 0 Å². The summed E-state index contributed by atoms with van der Waals surface area (Å²) in [6.07, 6.45) is 3.31. The van der Waals surface area contributed by atoms with Crippen LogP contribution in [-0.4, -0.2) is 33.2 Å². The number of H-pyrrole nitrogens is 1. The number of benzene rings is 1. The highest BCUT2D eigenvalue weighted by Gasteiger charge is 2.24. The average Bonchev–Trinajstić information content (AvgIpc) is 3.26. The molecular formula is C16H13FN6O2S. The standard InChI is InChI=1S/C16H13FN6O2S/c1-23-9-7-12-14(19-13-6-8-18-22-13)20-16(21-15(12)23)26(24,25)11-4-2-10(17)3-5-11/h2-9H,1H3,(H2,18,19,20,21,22). The molecule has 26 heavy (non-hydrogen) atoms. The number of aryl methyl sites for hydroxylation is 1. The Morgan fingerprint density at radius 3 is 2.58 bits per heavy atom. The molecule has 2 N–H and O–H groups in total. The summed E-state index contributed by atoms with van der Waals surface area (Å²) in [7, 11) is -2.26. The molecule has 0 bridgehead atoms. The molecule has 0 saturated heterocycles. The molecule has 132 valence electrons. The number of nitrogens with one attached hydrogen (secondary N) is 2. The van der Waals surface area contributed by atoms with E-state index < -0.39 is 15.7 Å². The van der Waals surface area contributed by atoms with Crippen molar-refractivity contribution in [2.24, 2.45) is 7.05 Å². The monoisotopic (exact) mass is 372 g/mol. The summed E-state index contributed by atoms with van der Waals surface area (Å²) in [5.74, 6) is 0.351. The van der Waals surface area contributed by atoms with Crippen molar-refractivity contribution in [3.8, 4) is 0 Å². The maximum Gasteiger partial charge on any atom is 0.256 e. The van der Waals surface area contributed by atoms with Gasteiger partial charge in [-0.3, -0.25) is 5.10 Å². The number of anilines is 2. The highest BCUT2D eigenvalue weighted by molar-refractivity contribution is 7.91. The second-order valence-corrected chi connectivity index (χ2v) is 7.41. The molecule has 0 amide bonds. The average molecular weight is 372 g/mol. The van der Waals surface area contributed by atoms with Crippen molar-refractivity contribution in [3.63, 3.8) is 0 Å². The lowest BCUT2D eigenvalue weighted by atomic mass is 10.3. The molecule has 0 atom stereocenters. The van der Waals surface area contributed by atoms with Crippen LogP contribution in [0, 0.1) is 5.82 Å². The van der Waals surface area contributed by atoms with E-state index in [-0.39, 0.29) is 10.1 Å². The minimum Gasteiger partial charge on any atom is -0.335 e. The molecule has 4 rings (SSSR count). The van der Waals surface area contributed by atoms with Crippen LogP contribution in [-0.2, 0) is 16.9 Å².